The zero-order chi connectivity index (χ0) is 19.7. The molecule has 2 heterocycles. The lowest BCUT2D eigenvalue weighted by molar-refractivity contribution is -0.123. The molecule has 0 aliphatic carbocycles. The summed E-state index contributed by atoms with van der Waals surface area (Å²) in [5, 5.41) is 3.07. The highest BCUT2D eigenvalue weighted by Crippen LogP contribution is 2.34. The molecule has 2 aliphatic rings. The number of rotatable bonds is 4. The van der Waals surface area contributed by atoms with Crippen molar-refractivity contribution in [3.8, 4) is 5.75 Å². The fourth-order valence-corrected chi connectivity index (χ4v) is 3.98. The predicted octanol–water partition coefficient (Wildman–Crippen LogP) is 2.93. The Labute approximate surface area is 165 Å². The van der Waals surface area contributed by atoms with Crippen LogP contribution in [0.1, 0.15) is 30.0 Å². The highest BCUT2D eigenvalue weighted by Gasteiger charge is 2.31. The Morgan fingerprint density at radius 1 is 1.18 bits per heavy atom. The third-order valence-corrected chi connectivity index (χ3v) is 5.68. The number of nitrogens with zero attached hydrogens (tertiary/aromatic N) is 2. The number of carbonyl (C=O) groups is 1. The minimum Gasteiger partial charge on any atom is -0.492 e. The molecule has 6 heteroatoms. The molecule has 0 saturated carbocycles. The Kier molecular flexibility index (Phi) is 5.22. The first-order valence-electron chi connectivity index (χ1n) is 9.78. The van der Waals surface area contributed by atoms with Gasteiger partial charge in [-0.2, -0.15) is 0 Å². The van der Waals surface area contributed by atoms with Gasteiger partial charge in [0.2, 0.25) is 5.91 Å². The summed E-state index contributed by atoms with van der Waals surface area (Å²) in [5.41, 5.74) is 2.71. The lowest BCUT2D eigenvalue weighted by Gasteiger charge is -2.36. The molecule has 2 aliphatic heterocycles. The van der Waals surface area contributed by atoms with E-state index in [-0.39, 0.29) is 23.7 Å². The SMILES string of the molecule is CC(NC(=O)C1COc2ccccc21)c1cc(F)ccc1N1CCN(C)CC1. The van der Waals surface area contributed by atoms with Gasteiger partial charge in [-0.1, -0.05) is 18.2 Å². The van der Waals surface area contributed by atoms with Gasteiger partial charge in [-0.05, 0) is 38.2 Å². The lowest BCUT2D eigenvalue weighted by atomic mass is 9.98. The van der Waals surface area contributed by atoms with E-state index in [0.717, 1.165) is 48.7 Å². The fraction of sp³-hybridized carbons (Fsp3) is 0.409. The molecule has 28 heavy (non-hydrogen) atoms. The van der Waals surface area contributed by atoms with Gasteiger partial charge >= 0.3 is 0 Å². The monoisotopic (exact) mass is 383 g/mol. The minimum absolute atomic E-state index is 0.0916. The average molecular weight is 383 g/mol. The van der Waals surface area contributed by atoms with Crippen LogP contribution in [0.4, 0.5) is 10.1 Å². The number of carbonyl (C=O) groups excluding carboxylic acids is 1. The van der Waals surface area contributed by atoms with Gasteiger partial charge in [-0.3, -0.25) is 4.79 Å². The van der Waals surface area contributed by atoms with E-state index in [1.165, 1.54) is 12.1 Å². The molecule has 1 saturated heterocycles. The number of benzene rings is 2. The summed E-state index contributed by atoms with van der Waals surface area (Å²) in [6, 6.07) is 12.2. The molecule has 0 radical (unpaired) electrons. The van der Waals surface area contributed by atoms with Crippen molar-refractivity contribution < 1.29 is 13.9 Å². The Morgan fingerprint density at radius 2 is 1.93 bits per heavy atom. The minimum atomic E-state index is -0.334. The van der Waals surface area contributed by atoms with E-state index >= 15 is 0 Å². The molecule has 5 nitrogen and oxygen atoms in total. The third-order valence-electron chi connectivity index (χ3n) is 5.68. The van der Waals surface area contributed by atoms with Gasteiger partial charge in [0.05, 0.1) is 6.04 Å². The van der Waals surface area contributed by atoms with Crippen LogP contribution in [0.5, 0.6) is 5.75 Å². The van der Waals surface area contributed by atoms with Crippen molar-refractivity contribution in [1.29, 1.82) is 0 Å². The van der Waals surface area contributed by atoms with Crippen molar-refractivity contribution >= 4 is 11.6 Å². The smallest absolute Gasteiger partial charge is 0.231 e. The van der Waals surface area contributed by atoms with E-state index in [0.29, 0.717) is 6.61 Å². The first-order chi connectivity index (χ1) is 13.5. The molecule has 0 aromatic heterocycles. The summed E-state index contributed by atoms with van der Waals surface area (Å²) in [6.07, 6.45) is 0. The van der Waals surface area contributed by atoms with Gasteiger partial charge in [-0.25, -0.2) is 4.39 Å². The molecule has 0 bridgehead atoms. The van der Waals surface area contributed by atoms with Crippen LogP contribution in [0.2, 0.25) is 0 Å². The van der Waals surface area contributed by atoms with Crippen LogP contribution >= 0.6 is 0 Å². The first-order valence-corrected chi connectivity index (χ1v) is 9.78. The van der Waals surface area contributed by atoms with Gasteiger partial charge in [0.1, 0.15) is 24.1 Å². The summed E-state index contributed by atoms with van der Waals surface area (Å²) in [4.78, 5) is 17.5. The number of anilines is 1. The molecular formula is C22H26FN3O2. The molecule has 2 unspecified atom stereocenters. The highest BCUT2D eigenvalue weighted by atomic mass is 19.1. The molecule has 2 aromatic rings. The van der Waals surface area contributed by atoms with Crippen molar-refractivity contribution in [2.45, 2.75) is 18.9 Å². The fourth-order valence-electron chi connectivity index (χ4n) is 3.98. The van der Waals surface area contributed by atoms with E-state index in [1.54, 1.807) is 0 Å². The van der Waals surface area contributed by atoms with Crippen LogP contribution in [-0.2, 0) is 4.79 Å². The highest BCUT2D eigenvalue weighted by molar-refractivity contribution is 5.86. The maximum atomic E-state index is 14.0. The second-order valence-electron chi connectivity index (χ2n) is 7.63. The van der Waals surface area contributed by atoms with E-state index in [4.69, 9.17) is 4.74 Å². The van der Waals surface area contributed by atoms with Gasteiger partial charge in [0.25, 0.3) is 0 Å². The van der Waals surface area contributed by atoms with Gasteiger partial charge in [0, 0.05) is 43.0 Å². The number of halogens is 1. The number of nitrogens with one attached hydrogen (secondary N) is 1. The molecule has 1 N–H and O–H groups in total. The van der Waals surface area contributed by atoms with Crippen molar-refractivity contribution in [2.24, 2.45) is 0 Å². The zero-order valence-corrected chi connectivity index (χ0v) is 16.3. The van der Waals surface area contributed by atoms with Crippen molar-refractivity contribution in [3.63, 3.8) is 0 Å². The lowest BCUT2D eigenvalue weighted by Crippen LogP contribution is -2.45. The summed E-state index contributed by atoms with van der Waals surface area (Å²) in [5.74, 6) is 0.0491. The van der Waals surface area contributed by atoms with E-state index in [2.05, 4.69) is 22.2 Å². The van der Waals surface area contributed by atoms with Crippen LogP contribution < -0.4 is 15.0 Å². The van der Waals surface area contributed by atoms with E-state index in [1.807, 2.05) is 37.3 Å². The average Bonchev–Trinajstić information content (AvgIpc) is 3.13. The first kappa shape index (κ1) is 18.7. The van der Waals surface area contributed by atoms with E-state index in [9.17, 15) is 9.18 Å². The maximum absolute atomic E-state index is 14.0. The maximum Gasteiger partial charge on any atom is 0.231 e. The molecule has 2 aromatic carbocycles. The molecule has 2 atom stereocenters. The van der Waals surface area contributed by atoms with E-state index < -0.39 is 0 Å². The van der Waals surface area contributed by atoms with Crippen LogP contribution in [0.15, 0.2) is 42.5 Å². The zero-order valence-electron chi connectivity index (χ0n) is 16.3. The van der Waals surface area contributed by atoms with Crippen molar-refractivity contribution in [3.05, 3.63) is 59.4 Å². The Bertz CT molecular complexity index is 865. The number of likely N-dealkylation sites (N-methyl/N-ethyl adjacent to an activating group) is 1. The molecule has 0 spiro atoms. The topological polar surface area (TPSA) is 44.8 Å². The van der Waals surface area contributed by atoms with Gasteiger partial charge < -0.3 is 19.9 Å². The quantitative estimate of drug-likeness (QED) is 0.882. The molecule has 1 fully saturated rings. The number of amides is 1. The van der Waals surface area contributed by atoms with Gasteiger partial charge in [-0.15, -0.1) is 0 Å². The van der Waals surface area contributed by atoms with Crippen LogP contribution in [0.25, 0.3) is 0 Å². The largest absolute Gasteiger partial charge is 0.492 e. The van der Waals surface area contributed by atoms with Crippen LogP contribution in [0.3, 0.4) is 0 Å². The Hall–Kier alpha value is -2.60. The standard InChI is InChI=1S/C22H26FN3O2/c1-15(24-22(27)19-14-28-21-6-4-3-5-17(19)21)18-13-16(23)7-8-20(18)26-11-9-25(2)10-12-26/h3-8,13,15,19H,9-12,14H2,1-2H3,(H,24,27). The predicted molar refractivity (Wildman–Crippen MR) is 107 cm³/mol. The summed E-state index contributed by atoms with van der Waals surface area (Å²) < 4.78 is 19.6. The Balaban J connectivity index is 1.52. The van der Waals surface area contributed by atoms with Crippen molar-refractivity contribution in [2.75, 3.05) is 44.7 Å². The molecule has 4 rings (SSSR count). The third kappa shape index (κ3) is 3.69. The van der Waals surface area contributed by atoms with Crippen LogP contribution in [0, 0.1) is 5.82 Å². The summed E-state index contributed by atoms with van der Waals surface area (Å²) in [6.45, 7) is 5.96. The Morgan fingerprint density at radius 3 is 2.71 bits per heavy atom. The second-order valence-corrected chi connectivity index (χ2v) is 7.63. The number of hydrogen-bond donors (Lipinski definition) is 1. The number of fused-ring (bicyclic) bond motifs is 1. The number of hydrogen-bond acceptors (Lipinski definition) is 4. The molecule has 1 amide bonds. The number of ether oxygens (including phenoxy) is 1. The normalized spacial score (nSPS) is 20.4. The number of para-hydroxylation sites is 1. The van der Waals surface area contributed by atoms with Gasteiger partial charge in [0.15, 0.2) is 0 Å². The van der Waals surface area contributed by atoms with Crippen molar-refractivity contribution in [1.82, 2.24) is 10.2 Å². The summed E-state index contributed by atoms with van der Waals surface area (Å²) >= 11 is 0. The second kappa shape index (κ2) is 7.80. The molecule has 148 valence electrons. The number of piperazine rings is 1. The summed E-state index contributed by atoms with van der Waals surface area (Å²) in [7, 11) is 2.10. The van der Waals surface area contributed by atoms with Crippen LogP contribution in [-0.4, -0.2) is 50.6 Å². The molecular weight excluding hydrogens is 357 g/mol.